The summed E-state index contributed by atoms with van der Waals surface area (Å²) in [5.74, 6) is 0.894. The molecule has 1 heterocycles. The Morgan fingerprint density at radius 1 is 1.21 bits per heavy atom. The maximum Gasteiger partial charge on any atom is 0.306 e. The van der Waals surface area contributed by atoms with Gasteiger partial charge < -0.3 is 10.4 Å². The number of nitrogens with zero attached hydrogens (tertiary/aromatic N) is 1. The minimum atomic E-state index is -0.646. The van der Waals surface area contributed by atoms with E-state index in [0.717, 1.165) is 37.4 Å². The van der Waals surface area contributed by atoms with Gasteiger partial charge >= 0.3 is 5.97 Å². The van der Waals surface area contributed by atoms with E-state index in [4.69, 9.17) is 5.11 Å². The van der Waals surface area contributed by atoms with Crippen LogP contribution in [0.15, 0.2) is 18.3 Å². The first kappa shape index (κ1) is 12.5. The Kier molecular flexibility index (Phi) is 3.40. The van der Waals surface area contributed by atoms with Crippen molar-refractivity contribution >= 4 is 11.8 Å². The molecule has 1 aromatic rings. The average molecular weight is 260 g/mol. The molecule has 3 rings (SSSR count). The summed E-state index contributed by atoms with van der Waals surface area (Å²) in [6.07, 6.45) is 7.86. The van der Waals surface area contributed by atoms with Crippen molar-refractivity contribution < 1.29 is 9.90 Å². The molecule has 102 valence electrons. The van der Waals surface area contributed by atoms with Crippen molar-refractivity contribution in [1.82, 2.24) is 4.98 Å². The fourth-order valence-corrected chi connectivity index (χ4v) is 2.89. The number of carboxylic acid groups (broad SMARTS) is 1. The van der Waals surface area contributed by atoms with Gasteiger partial charge in [0.2, 0.25) is 0 Å². The average Bonchev–Trinajstić information content (AvgIpc) is 3.24. The molecule has 2 aliphatic rings. The number of pyridine rings is 1. The molecule has 2 aliphatic carbocycles. The highest BCUT2D eigenvalue weighted by Gasteiger charge is 2.27. The van der Waals surface area contributed by atoms with Crippen LogP contribution < -0.4 is 5.32 Å². The van der Waals surface area contributed by atoms with Crippen LogP contribution in [-0.4, -0.2) is 22.1 Å². The van der Waals surface area contributed by atoms with Crippen molar-refractivity contribution in [2.24, 2.45) is 5.92 Å². The Bertz CT molecular complexity index is 463. The summed E-state index contributed by atoms with van der Waals surface area (Å²) in [4.78, 5) is 15.3. The van der Waals surface area contributed by atoms with Crippen LogP contribution >= 0.6 is 0 Å². The van der Waals surface area contributed by atoms with Gasteiger partial charge in [-0.2, -0.15) is 0 Å². The molecule has 0 atom stereocenters. The highest BCUT2D eigenvalue weighted by atomic mass is 16.4. The van der Waals surface area contributed by atoms with Gasteiger partial charge in [0.15, 0.2) is 0 Å². The van der Waals surface area contributed by atoms with Gasteiger partial charge in [-0.15, -0.1) is 0 Å². The SMILES string of the molecule is O=C(O)C1CCC(Nc2cc(C3CC3)ccn2)CC1. The van der Waals surface area contributed by atoms with Gasteiger partial charge in [-0.1, -0.05) is 0 Å². The lowest BCUT2D eigenvalue weighted by Gasteiger charge is -2.27. The number of anilines is 1. The molecule has 0 amide bonds. The quantitative estimate of drug-likeness (QED) is 0.873. The van der Waals surface area contributed by atoms with Crippen LogP contribution in [0.2, 0.25) is 0 Å². The Hall–Kier alpha value is -1.58. The maximum atomic E-state index is 10.9. The first-order chi connectivity index (χ1) is 9.22. The number of carboxylic acids is 1. The summed E-state index contributed by atoms with van der Waals surface area (Å²) in [5.41, 5.74) is 1.39. The third-order valence-corrected chi connectivity index (χ3v) is 4.26. The molecule has 0 bridgehead atoms. The maximum absolute atomic E-state index is 10.9. The molecule has 2 N–H and O–H groups in total. The molecule has 4 heteroatoms. The zero-order chi connectivity index (χ0) is 13.2. The summed E-state index contributed by atoms with van der Waals surface area (Å²) in [5, 5.41) is 12.4. The molecule has 1 aromatic heterocycles. The molecule has 0 saturated heterocycles. The van der Waals surface area contributed by atoms with Crippen molar-refractivity contribution in [3.05, 3.63) is 23.9 Å². The monoisotopic (exact) mass is 260 g/mol. The van der Waals surface area contributed by atoms with Crippen LogP contribution in [0.25, 0.3) is 0 Å². The van der Waals surface area contributed by atoms with E-state index >= 15 is 0 Å². The third-order valence-electron chi connectivity index (χ3n) is 4.26. The van der Waals surface area contributed by atoms with Gasteiger partial charge in [0, 0.05) is 12.2 Å². The van der Waals surface area contributed by atoms with Crippen LogP contribution in [-0.2, 0) is 4.79 Å². The lowest BCUT2D eigenvalue weighted by molar-refractivity contribution is -0.142. The molecule has 19 heavy (non-hydrogen) atoms. The number of hydrogen-bond acceptors (Lipinski definition) is 3. The number of hydrogen-bond donors (Lipinski definition) is 2. The minimum absolute atomic E-state index is 0.149. The molecule has 2 saturated carbocycles. The fraction of sp³-hybridized carbons (Fsp3) is 0.600. The molecule has 0 unspecified atom stereocenters. The number of carbonyl (C=O) groups is 1. The molecule has 2 fully saturated rings. The van der Waals surface area contributed by atoms with Crippen molar-refractivity contribution in [1.29, 1.82) is 0 Å². The minimum Gasteiger partial charge on any atom is -0.481 e. The molecule has 0 radical (unpaired) electrons. The summed E-state index contributed by atoms with van der Waals surface area (Å²) in [7, 11) is 0. The zero-order valence-corrected chi connectivity index (χ0v) is 11.0. The van der Waals surface area contributed by atoms with Crippen LogP contribution in [0, 0.1) is 5.92 Å². The van der Waals surface area contributed by atoms with E-state index in [0.29, 0.717) is 6.04 Å². The standard InChI is InChI=1S/C15H20N2O2/c18-15(19)11-3-5-13(6-4-11)17-14-9-12(7-8-16-14)10-1-2-10/h7-11,13H,1-6H2,(H,16,17)(H,18,19). The molecule has 0 aromatic carbocycles. The van der Waals surface area contributed by atoms with E-state index in [2.05, 4.69) is 22.4 Å². The Morgan fingerprint density at radius 3 is 2.58 bits per heavy atom. The van der Waals surface area contributed by atoms with E-state index in [-0.39, 0.29) is 5.92 Å². The first-order valence-corrected chi connectivity index (χ1v) is 7.17. The number of rotatable bonds is 4. The van der Waals surface area contributed by atoms with E-state index in [1.807, 2.05) is 6.20 Å². The molecule has 0 aliphatic heterocycles. The summed E-state index contributed by atoms with van der Waals surface area (Å²) < 4.78 is 0. The van der Waals surface area contributed by atoms with Crippen molar-refractivity contribution in [2.45, 2.75) is 50.5 Å². The first-order valence-electron chi connectivity index (χ1n) is 7.17. The van der Waals surface area contributed by atoms with Gasteiger partial charge in [0.05, 0.1) is 5.92 Å². The summed E-state index contributed by atoms with van der Waals surface area (Å²) >= 11 is 0. The highest BCUT2D eigenvalue weighted by molar-refractivity contribution is 5.70. The lowest BCUT2D eigenvalue weighted by atomic mass is 9.86. The smallest absolute Gasteiger partial charge is 0.306 e. The molecule has 0 spiro atoms. The van der Waals surface area contributed by atoms with Gasteiger partial charge in [-0.05, 0) is 62.1 Å². The second-order valence-corrected chi connectivity index (χ2v) is 5.78. The van der Waals surface area contributed by atoms with E-state index < -0.39 is 5.97 Å². The van der Waals surface area contributed by atoms with E-state index in [9.17, 15) is 4.79 Å². The number of aliphatic carboxylic acids is 1. The third kappa shape index (κ3) is 3.06. The van der Waals surface area contributed by atoms with Crippen LogP contribution in [0.5, 0.6) is 0 Å². The van der Waals surface area contributed by atoms with Crippen LogP contribution in [0.3, 0.4) is 0 Å². The predicted molar refractivity (Wildman–Crippen MR) is 73.2 cm³/mol. The topological polar surface area (TPSA) is 62.2 Å². The Balaban J connectivity index is 1.57. The van der Waals surface area contributed by atoms with Gasteiger partial charge in [-0.25, -0.2) is 4.98 Å². The van der Waals surface area contributed by atoms with E-state index in [1.54, 1.807) is 0 Å². The second-order valence-electron chi connectivity index (χ2n) is 5.78. The number of nitrogens with one attached hydrogen (secondary N) is 1. The molecule has 4 nitrogen and oxygen atoms in total. The normalized spacial score (nSPS) is 26.9. The van der Waals surface area contributed by atoms with Gasteiger partial charge in [0.25, 0.3) is 0 Å². The predicted octanol–water partition coefficient (Wildman–Crippen LogP) is 3.01. The summed E-state index contributed by atoms with van der Waals surface area (Å²) in [6, 6.07) is 4.63. The number of aromatic nitrogens is 1. The fourth-order valence-electron chi connectivity index (χ4n) is 2.89. The second kappa shape index (κ2) is 5.19. The van der Waals surface area contributed by atoms with E-state index in [1.165, 1.54) is 18.4 Å². The molecular formula is C15H20N2O2. The Morgan fingerprint density at radius 2 is 1.95 bits per heavy atom. The van der Waals surface area contributed by atoms with Gasteiger partial charge in [-0.3, -0.25) is 4.79 Å². The van der Waals surface area contributed by atoms with Crippen molar-refractivity contribution in [3.8, 4) is 0 Å². The summed E-state index contributed by atoms with van der Waals surface area (Å²) in [6.45, 7) is 0. The van der Waals surface area contributed by atoms with Crippen LogP contribution in [0.1, 0.15) is 50.0 Å². The Labute approximate surface area is 113 Å². The van der Waals surface area contributed by atoms with Crippen molar-refractivity contribution in [3.63, 3.8) is 0 Å². The van der Waals surface area contributed by atoms with Crippen LogP contribution in [0.4, 0.5) is 5.82 Å². The highest BCUT2D eigenvalue weighted by Crippen LogP contribution is 2.40. The molecular weight excluding hydrogens is 240 g/mol. The van der Waals surface area contributed by atoms with Gasteiger partial charge in [0.1, 0.15) is 5.82 Å². The largest absolute Gasteiger partial charge is 0.481 e. The lowest BCUT2D eigenvalue weighted by Crippen LogP contribution is -2.29. The zero-order valence-electron chi connectivity index (χ0n) is 11.0. The van der Waals surface area contributed by atoms with Crippen molar-refractivity contribution in [2.75, 3.05) is 5.32 Å².